The molecule has 1 atom stereocenters. The van der Waals surface area contributed by atoms with E-state index in [9.17, 15) is 0 Å². The molecule has 1 rings (SSSR count). The van der Waals surface area contributed by atoms with Gasteiger partial charge in [-0.3, -0.25) is 0 Å². The first kappa shape index (κ1) is 15.4. The predicted molar refractivity (Wildman–Crippen MR) is 76.1 cm³/mol. The second-order valence-electron chi connectivity index (χ2n) is 5.57. The third kappa shape index (κ3) is 7.62. The molecule has 0 spiro atoms. The van der Waals surface area contributed by atoms with Gasteiger partial charge in [-0.2, -0.15) is 0 Å². The minimum Gasteiger partial charge on any atom is -0.459 e. The van der Waals surface area contributed by atoms with Gasteiger partial charge in [0.2, 0.25) is 6.29 Å². The maximum atomic E-state index is 5.25. The molecule has 0 amide bonds. The summed E-state index contributed by atoms with van der Waals surface area (Å²) in [6.45, 7) is 4.68. The molecular formula is C16H30O2. The van der Waals surface area contributed by atoms with Crippen LogP contribution in [-0.2, 0) is 9.47 Å². The van der Waals surface area contributed by atoms with Crippen molar-refractivity contribution in [1.29, 1.82) is 0 Å². The van der Waals surface area contributed by atoms with E-state index >= 15 is 0 Å². The molecule has 106 valence electrons. The molecule has 0 aromatic heterocycles. The van der Waals surface area contributed by atoms with E-state index in [1.807, 2.05) is 0 Å². The predicted octanol–water partition coefficient (Wildman–Crippen LogP) is 5.39. The van der Waals surface area contributed by atoms with Crippen LogP contribution in [0.4, 0.5) is 0 Å². The summed E-state index contributed by atoms with van der Waals surface area (Å²) < 4.78 is 10.5. The van der Waals surface area contributed by atoms with E-state index in [0.717, 1.165) is 12.3 Å². The van der Waals surface area contributed by atoms with Gasteiger partial charge in [-0.25, -0.2) is 0 Å². The van der Waals surface area contributed by atoms with E-state index in [4.69, 9.17) is 9.47 Å². The van der Waals surface area contributed by atoms with Crippen molar-refractivity contribution in [3.63, 3.8) is 0 Å². The van der Waals surface area contributed by atoms with Crippen LogP contribution in [-0.4, -0.2) is 6.29 Å². The van der Waals surface area contributed by atoms with Crippen molar-refractivity contribution in [2.24, 2.45) is 5.92 Å². The summed E-state index contributed by atoms with van der Waals surface area (Å²) in [5.41, 5.74) is 0. The number of ether oxygens (including phenoxy) is 2. The number of rotatable bonds is 11. The average Bonchev–Trinajstić information content (AvgIpc) is 2.88. The Labute approximate surface area is 113 Å². The van der Waals surface area contributed by atoms with Crippen LogP contribution in [0.3, 0.4) is 0 Å². The topological polar surface area (TPSA) is 18.5 Å². The van der Waals surface area contributed by atoms with Gasteiger partial charge in [-0.15, -0.1) is 0 Å². The van der Waals surface area contributed by atoms with Gasteiger partial charge in [0.05, 0.1) is 0 Å². The third-order valence-corrected chi connectivity index (χ3v) is 3.70. The minimum atomic E-state index is -0.000865. The number of unbranched alkanes of at least 4 members (excludes halogenated alkanes) is 5. The molecule has 1 aliphatic rings. The zero-order valence-electron chi connectivity index (χ0n) is 12.2. The molecule has 0 saturated heterocycles. The number of hydrogen-bond donors (Lipinski definition) is 0. The summed E-state index contributed by atoms with van der Waals surface area (Å²) >= 11 is 0. The van der Waals surface area contributed by atoms with Gasteiger partial charge in [0.25, 0.3) is 0 Å². The molecule has 0 fully saturated rings. The third-order valence-electron chi connectivity index (χ3n) is 3.70. The lowest BCUT2D eigenvalue weighted by Crippen LogP contribution is -2.06. The Morgan fingerprint density at radius 1 is 0.889 bits per heavy atom. The van der Waals surface area contributed by atoms with Gasteiger partial charge >= 0.3 is 0 Å². The maximum Gasteiger partial charge on any atom is 0.239 e. The molecule has 1 unspecified atom stereocenters. The molecule has 0 aliphatic carbocycles. The van der Waals surface area contributed by atoms with Crippen LogP contribution in [0, 0.1) is 5.92 Å². The van der Waals surface area contributed by atoms with E-state index in [1.165, 1.54) is 57.8 Å². The minimum absolute atomic E-state index is 0.000865. The Morgan fingerprint density at radius 2 is 1.50 bits per heavy atom. The lowest BCUT2D eigenvalue weighted by molar-refractivity contribution is -0.0295. The summed E-state index contributed by atoms with van der Waals surface area (Å²) in [4.78, 5) is 0. The largest absolute Gasteiger partial charge is 0.459 e. The van der Waals surface area contributed by atoms with E-state index in [1.54, 1.807) is 12.5 Å². The highest BCUT2D eigenvalue weighted by molar-refractivity contribution is 4.70. The van der Waals surface area contributed by atoms with Crippen molar-refractivity contribution < 1.29 is 9.47 Å². The van der Waals surface area contributed by atoms with Gasteiger partial charge in [-0.05, 0) is 12.3 Å². The van der Waals surface area contributed by atoms with Gasteiger partial charge in [-0.1, -0.05) is 65.2 Å². The molecule has 1 heterocycles. The fraction of sp³-hybridized carbons (Fsp3) is 0.875. The molecule has 18 heavy (non-hydrogen) atoms. The second-order valence-corrected chi connectivity index (χ2v) is 5.57. The van der Waals surface area contributed by atoms with Crippen molar-refractivity contribution in [2.45, 2.75) is 84.3 Å². The zero-order valence-corrected chi connectivity index (χ0v) is 12.2. The Bertz CT molecular complexity index is 205. The van der Waals surface area contributed by atoms with Gasteiger partial charge < -0.3 is 9.47 Å². The second kappa shape index (κ2) is 10.3. The first-order valence-corrected chi connectivity index (χ1v) is 7.79. The molecule has 1 aliphatic heterocycles. The fourth-order valence-corrected chi connectivity index (χ4v) is 2.44. The zero-order chi connectivity index (χ0) is 13.1. The van der Waals surface area contributed by atoms with Crippen LogP contribution >= 0.6 is 0 Å². The summed E-state index contributed by atoms with van der Waals surface area (Å²) in [6, 6.07) is 0. The number of hydrogen-bond acceptors (Lipinski definition) is 2. The SMILES string of the molecule is CCCCC(C)CCCCCCCC1OC=CO1. The first-order valence-electron chi connectivity index (χ1n) is 7.79. The van der Waals surface area contributed by atoms with Gasteiger partial charge in [0.15, 0.2) is 0 Å². The Morgan fingerprint density at radius 3 is 2.22 bits per heavy atom. The molecule has 0 aromatic carbocycles. The molecule has 0 bridgehead atoms. The Balaban J connectivity index is 1.78. The highest BCUT2D eigenvalue weighted by Crippen LogP contribution is 2.18. The highest BCUT2D eigenvalue weighted by Gasteiger charge is 2.10. The maximum absolute atomic E-state index is 5.25. The van der Waals surface area contributed by atoms with Crippen molar-refractivity contribution in [3.8, 4) is 0 Å². The van der Waals surface area contributed by atoms with E-state index in [-0.39, 0.29) is 6.29 Å². The van der Waals surface area contributed by atoms with E-state index in [0.29, 0.717) is 0 Å². The normalized spacial score (nSPS) is 16.6. The smallest absolute Gasteiger partial charge is 0.239 e. The van der Waals surface area contributed by atoms with Crippen LogP contribution in [0.25, 0.3) is 0 Å². The molecule has 0 radical (unpaired) electrons. The Hall–Kier alpha value is -0.660. The highest BCUT2D eigenvalue weighted by atomic mass is 16.7. The Kier molecular flexibility index (Phi) is 8.79. The van der Waals surface area contributed by atoms with Crippen LogP contribution < -0.4 is 0 Å². The molecular weight excluding hydrogens is 224 g/mol. The van der Waals surface area contributed by atoms with Crippen molar-refractivity contribution in [2.75, 3.05) is 0 Å². The molecule has 0 N–H and O–H groups in total. The van der Waals surface area contributed by atoms with Crippen LogP contribution in [0.15, 0.2) is 12.5 Å². The van der Waals surface area contributed by atoms with Crippen molar-refractivity contribution >= 4 is 0 Å². The molecule has 0 saturated carbocycles. The lowest BCUT2D eigenvalue weighted by atomic mass is 9.97. The van der Waals surface area contributed by atoms with Gasteiger partial charge in [0.1, 0.15) is 12.5 Å². The molecule has 0 aromatic rings. The van der Waals surface area contributed by atoms with E-state index in [2.05, 4.69) is 13.8 Å². The quantitative estimate of drug-likeness (QED) is 0.460. The van der Waals surface area contributed by atoms with Crippen LogP contribution in [0.2, 0.25) is 0 Å². The fourth-order valence-electron chi connectivity index (χ4n) is 2.44. The lowest BCUT2D eigenvalue weighted by Gasteiger charge is -2.11. The standard InChI is InChI=1S/C16H30O2/c1-3-4-10-15(2)11-8-6-5-7-9-12-16-17-13-14-18-16/h13-16H,3-12H2,1-2H3. The van der Waals surface area contributed by atoms with E-state index < -0.39 is 0 Å². The van der Waals surface area contributed by atoms with Crippen molar-refractivity contribution in [3.05, 3.63) is 12.5 Å². The summed E-state index contributed by atoms with van der Waals surface area (Å²) in [7, 11) is 0. The summed E-state index contributed by atoms with van der Waals surface area (Å²) in [5, 5.41) is 0. The monoisotopic (exact) mass is 254 g/mol. The summed E-state index contributed by atoms with van der Waals surface area (Å²) in [6.07, 6.45) is 16.6. The average molecular weight is 254 g/mol. The molecule has 2 nitrogen and oxygen atoms in total. The summed E-state index contributed by atoms with van der Waals surface area (Å²) in [5.74, 6) is 0.927. The first-order chi connectivity index (χ1) is 8.83. The van der Waals surface area contributed by atoms with Crippen LogP contribution in [0.5, 0.6) is 0 Å². The van der Waals surface area contributed by atoms with Crippen LogP contribution in [0.1, 0.15) is 78.1 Å². The van der Waals surface area contributed by atoms with Gasteiger partial charge in [0, 0.05) is 6.42 Å². The molecule has 2 heteroatoms. The van der Waals surface area contributed by atoms with Crippen molar-refractivity contribution in [1.82, 2.24) is 0 Å².